The predicted octanol–water partition coefficient (Wildman–Crippen LogP) is 4.24. The van der Waals surface area contributed by atoms with Crippen molar-refractivity contribution in [3.8, 4) is 11.5 Å². The van der Waals surface area contributed by atoms with Crippen LogP contribution in [0.4, 0.5) is 11.8 Å². The quantitative estimate of drug-likeness (QED) is 0.208. The lowest BCUT2D eigenvalue weighted by atomic mass is 10.00. The second kappa shape index (κ2) is 11.2. The van der Waals surface area contributed by atoms with Crippen LogP contribution in [0.15, 0.2) is 77.2 Å². The van der Waals surface area contributed by atoms with E-state index in [1.165, 1.54) is 22.9 Å². The van der Waals surface area contributed by atoms with Gasteiger partial charge >= 0.3 is 0 Å². The van der Waals surface area contributed by atoms with Crippen LogP contribution < -0.4 is 25.0 Å². The zero-order valence-corrected chi connectivity index (χ0v) is 22.1. The fraction of sp³-hybridized carbons (Fsp3) is 0.222. The maximum absolute atomic E-state index is 5.68. The number of ether oxygens (including phenoxy) is 2. The molecule has 2 aliphatic rings. The minimum atomic E-state index is 0.416. The van der Waals surface area contributed by atoms with Gasteiger partial charge in [0, 0.05) is 38.1 Å². The Bertz CT molecular complexity index is 1450. The average molecular weight is 544 g/mol. The molecule has 4 aromatic rings. The average Bonchev–Trinajstić information content (AvgIpc) is 2.96. The minimum absolute atomic E-state index is 0.416. The number of nitrogens with one attached hydrogen (secondary N) is 2. The topological polar surface area (TPSA) is 97.3 Å². The lowest BCUT2D eigenvalue weighted by Crippen LogP contribution is -2.32. The molecule has 0 radical (unpaired) electrons. The Morgan fingerprint density at radius 2 is 1.76 bits per heavy atom. The molecule has 6 rings (SSSR count). The van der Waals surface area contributed by atoms with E-state index in [1.54, 1.807) is 18.5 Å². The van der Waals surface area contributed by atoms with E-state index in [0.29, 0.717) is 36.0 Å². The van der Waals surface area contributed by atoms with Crippen LogP contribution in [0.2, 0.25) is 0 Å². The molecule has 2 aliphatic heterocycles. The maximum atomic E-state index is 5.68. The molecule has 4 heterocycles. The summed E-state index contributed by atoms with van der Waals surface area (Å²) in [6.07, 6.45) is 4.40. The van der Waals surface area contributed by atoms with Gasteiger partial charge in [-0.3, -0.25) is 0 Å². The van der Waals surface area contributed by atoms with Gasteiger partial charge in [-0.25, -0.2) is 15.0 Å². The van der Waals surface area contributed by atoms with E-state index < -0.39 is 0 Å². The second-order valence-electron chi connectivity index (χ2n) is 8.75. The van der Waals surface area contributed by atoms with Crippen LogP contribution in [0.5, 0.6) is 11.5 Å². The highest BCUT2D eigenvalue weighted by atomic mass is 32.2. The van der Waals surface area contributed by atoms with Gasteiger partial charge in [0.05, 0.1) is 0 Å². The number of rotatable bonds is 6. The molecule has 38 heavy (non-hydrogen) atoms. The van der Waals surface area contributed by atoms with Gasteiger partial charge in [0.15, 0.2) is 21.8 Å². The highest BCUT2D eigenvalue weighted by Gasteiger charge is 2.20. The van der Waals surface area contributed by atoms with E-state index in [1.807, 2.05) is 24.3 Å². The molecular formula is C27H25N7O2S2. The van der Waals surface area contributed by atoms with E-state index in [0.717, 1.165) is 47.4 Å². The number of hydrogen-bond donors (Lipinski definition) is 2. The van der Waals surface area contributed by atoms with Gasteiger partial charge < -0.3 is 25.0 Å². The molecule has 0 saturated heterocycles. The van der Waals surface area contributed by atoms with Crippen molar-refractivity contribution in [1.82, 2.24) is 25.3 Å². The van der Waals surface area contributed by atoms with Gasteiger partial charge in [-0.05, 0) is 65.3 Å². The molecule has 0 fully saturated rings. The highest BCUT2D eigenvalue weighted by Crippen LogP contribution is 2.31. The van der Waals surface area contributed by atoms with Crippen LogP contribution in [-0.2, 0) is 19.5 Å². The number of nitrogens with zero attached hydrogens (tertiary/aromatic N) is 5. The Labute approximate surface area is 230 Å². The summed E-state index contributed by atoms with van der Waals surface area (Å²) in [4.78, 5) is 20.4. The number of hydrogen-bond acceptors (Lipinski definition) is 9. The Balaban J connectivity index is 1.19. The summed E-state index contributed by atoms with van der Waals surface area (Å²) >= 11 is 6.96. The molecule has 0 amide bonds. The smallest absolute Gasteiger partial charge is 0.232 e. The molecule has 11 heteroatoms. The zero-order valence-electron chi connectivity index (χ0n) is 20.5. The highest BCUT2D eigenvalue weighted by molar-refractivity contribution is 7.99. The summed E-state index contributed by atoms with van der Waals surface area (Å²) in [5.41, 5.74) is 3.72. The number of fused-ring (bicyclic) bond motifs is 2. The second-order valence-corrected chi connectivity index (χ2v) is 10.1. The normalized spacial score (nSPS) is 13.9. The Morgan fingerprint density at radius 1 is 0.947 bits per heavy atom. The Hall–Kier alpha value is -3.96. The van der Waals surface area contributed by atoms with E-state index in [-0.39, 0.29) is 0 Å². The van der Waals surface area contributed by atoms with E-state index in [4.69, 9.17) is 31.7 Å². The lowest BCUT2D eigenvalue weighted by molar-refractivity contribution is 0.171. The molecule has 0 atom stereocenters. The third kappa shape index (κ3) is 5.79. The third-order valence-electron chi connectivity index (χ3n) is 6.17. The van der Waals surface area contributed by atoms with E-state index in [2.05, 4.69) is 49.8 Å². The summed E-state index contributed by atoms with van der Waals surface area (Å²) < 4.78 is 11.3. The number of anilines is 2. The molecule has 2 aromatic heterocycles. The van der Waals surface area contributed by atoms with Crippen LogP contribution in [0.1, 0.15) is 16.7 Å². The van der Waals surface area contributed by atoms with Crippen molar-refractivity contribution in [3.05, 3.63) is 83.7 Å². The van der Waals surface area contributed by atoms with Gasteiger partial charge in [0.25, 0.3) is 0 Å². The van der Waals surface area contributed by atoms with Crippen LogP contribution in [0, 0.1) is 0 Å². The van der Waals surface area contributed by atoms with Crippen molar-refractivity contribution >= 4 is 40.9 Å². The summed E-state index contributed by atoms with van der Waals surface area (Å²) in [6, 6.07) is 18.2. The first-order valence-corrected chi connectivity index (χ1v) is 13.5. The van der Waals surface area contributed by atoms with Gasteiger partial charge in [-0.2, -0.15) is 4.98 Å². The zero-order chi connectivity index (χ0) is 25.7. The first-order valence-electron chi connectivity index (χ1n) is 12.3. The van der Waals surface area contributed by atoms with Crippen molar-refractivity contribution < 1.29 is 9.47 Å². The predicted molar refractivity (Wildman–Crippen MR) is 150 cm³/mol. The van der Waals surface area contributed by atoms with E-state index in [9.17, 15) is 0 Å². The van der Waals surface area contributed by atoms with Gasteiger partial charge in [0.2, 0.25) is 5.95 Å². The fourth-order valence-electron chi connectivity index (χ4n) is 4.33. The minimum Gasteiger partial charge on any atom is -0.486 e. The Kier molecular flexibility index (Phi) is 7.18. The SMILES string of the molecule is S=C(NCc1ccc2c(c1)OCCO2)Nc1nc(Sc2ncccn2)cc(N2CCc3ccccc3C2)n1. The molecule has 192 valence electrons. The fourth-order valence-corrected chi connectivity index (χ4v) is 5.21. The van der Waals surface area contributed by atoms with Crippen LogP contribution >= 0.6 is 24.0 Å². The molecule has 0 saturated carbocycles. The van der Waals surface area contributed by atoms with Crippen molar-refractivity contribution in [2.24, 2.45) is 0 Å². The maximum Gasteiger partial charge on any atom is 0.232 e. The van der Waals surface area contributed by atoms with Crippen molar-refractivity contribution in [3.63, 3.8) is 0 Å². The first-order chi connectivity index (χ1) is 18.7. The lowest BCUT2D eigenvalue weighted by Gasteiger charge is -2.30. The van der Waals surface area contributed by atoms with Crippen molar-refractivity contribution in [2.75, 3.05) is 30.0 Å². The van der Waals surface area contributed by atoms with Gasteiger partial charge in [-0.1, -0.05) is 30.3 Å². The number of thiocarbonyl (C=S) groups is 1. The molecular weight excluding hydrogens is 518 g/mol. The molecule has 2 aromatic carbocycles. The number of benzene rings is 2. The van der Waals surface area contributed by atoms with Crippen LogP contribution in [0.3, 0.4) is 0 Å². The van der Waals surface area contributed by atoms with Gasteiger partial charge in [-0.15, -0.1) is 0 Å². The monoisotopic (exact) mass is 543 g/mol. The molecule has 0 bridgehead atoms. The first kappa shape index (κ1) is 24.4. The van der Waals surface area contributed by atoms with Crippen LogP contribution in [0.25, 0.3) is 0 Å². The summed E-state index contributed by atoms with van der Waals surface area (Å²) in [5.74, 6) is 2.75. The summed E-state index contributed by atoms with van der Waals surface area (Å²) in [6.45, 7) is 3.29. The summed E-state index contributed by atoms with van der Waals surface area (Å²) in [7, 11) is 0. The molecule has 0 spiro atoms. The van der Waals surface area contributed by atoms with Crippen LogP contribution in [-0.4, -0.2) is 44.8 Å². The standard InChI is InChI=1S/C27H25N7O2S2/c37-26(30-16-18-6-7-21-22(14-18)36-13-12-35-21)33-25-31-23(15-24(32-25)38-27-28-9-3-10-29-27)34-11-8-19-4-1-2-5-20(19)17-34/h1-7,9-10,14-15H,8,11-13,16-17H2,(H2,30,31,32,33,37). The largest absolute Gasteiger partial charge is 0.486 e. The molecule has 0 aliphatic carbocycles. The molecule has 2 N–H and O–H groups in total. The van der Waals surface area contributed by atoms with Crippen molar-refractivity contribution in [2.45, 2.75) is 29.7 Å². The van der Waals surface area contributed by atoms with E-state index >= 15 is 0 Å². The molecule has 0 unspecified atom stereocenters. The third-order valence-corrected chi connectivity index (χ3v) is 7.22. The van der Waals surface area contributed by atoms with Gasteiger partial charge in [0.1, 0.15) is 24.1 Å². The summed E-state index contributed by atoms with van der Waals surface area (Å²) in [5, 5.41) is 8.17. The Morgan fingerprint density at radius 3 is 2.63 bits per heavy atom. The number of aromatic nitrogens is 4. The molecule has 9 nitrogen and oxygen atoms in total. The van der Waals surface area contributed by atoms with Crippen molar-refractivity contribution in [1.29, 1.82) is 0 Å².